The van der Waals surface area contributed by atoms with Crippen LogP contribution in [0.25, 0.3) is 0 Å². The maximum Gasteiger partial charge on any atom is 0.130 e. The first-order valence-corrected chi connectivity index (χ1v) is 5.56. The molecule has 2 rings (SSSR count). The van der Waals surface area contributed by atoms with Crippen molar-refractivity contribution >= 4 is 12.4 Å². The van der Waals surface area contributed by atoms with Crippen LogP contribution < -0.4 is 5.32 Å². The minimum atomic E-state index is -0.453. The van der Waals surface area contributed by atoms with Gasteiger partial charge >= 0.3 is 0 Å². The van der Waals surface area contributed by atoms with Gasteiger partial charge in [-0.15, -0.1) is 12.4 Å². The third kappa shape index (κ3) is 3.37. The van der Waals surface area contributed by atoms with Crippen LogP contribution in [-0.4, -0.2) is 30.6 Å². The molecule has 1 N–H and O–H groups in total. The van der Waals surface area contributed by atoms with E-state index in [0.717, 1.165) is 19.6 Å². The number of nitrogens with one attached hydrogen (secondary N) is 1. The molecule has 1 aliphatic rings. The Hall–Kier alpha value is -0.710. The molecule has 1 aromatic carbocycles. The highest BCUT2D eigenvalue weighted by Crippen LogP contribution is 2.16. The zero-order chi connectivity index (χ0) is 11.5. The molecule has 1 aliphatic heterocycles. The van der Waals surface area contributed by atoms with Gasteiger partial charge in [0, 0.05) is 37.8 Å². The SMILES string of the molecule is C[C@@H]1CNCCN1Cc1c(F)cccc1F.Cl. The number of piperazine rings is 1. The minimum absolute atomic E-state index is 0. The molecule has 2 nitrogen and oxygen atoms in total. The lowest BCUT2D eigenvalue weighted by Crippen LogP contribution is -2.49. The topological polar surface area (TPSA) is 15.3 Å². The van der Waals surface area contributed by atoms with Gasteiger partial charge in [-0.2, -0.15) is 0 Å². The van der Waals surface area contributed by atoms with Crippen LogP contribution in [0.2, 0.25) is 0 Å². The Morgan fingerprint density at radius 3 is 2.59 bits per heavy atom. The van der Waals surface area contributed by atoms with Crippen molar-refractivity contribution in [2.75, 3.05) is 19.6 Å². The molecule has 0 amide bonds. The van der Waals surface area contributed by atoms with Crippen LogP contribution in [0.3, 0.4) is 0 Å². The highest BCUT2D eigenvalue weighted by Gasteiger charge is 2.20. The molecule has 1 atom stereocenters. The Kier molecular flexibility index (Phi) is 5.31. The molecule has 1 fully saturated rings. The van der Waals surface area contributed by atoms with Crippen LogP contribution in [0.1, 0.15) is 12.5 Å². The van der Waals surface area contributed by atoms with Crippen molar-refractivity contribution in [1.82, 2.24) is 10.2 Å². The van der Waals surface area contributed by atoms with E-state index in [4.69, 9.17) is 0 Å². The van der Waals surface area contributed by atoms with Crippen molar-refractivity contribution in [3.63, 3.8) is 0 Å². The van der Waals surface area contributed by atoms with Gasteiger partial charge in [0.05, 0.1) is 0 Å². The van der Waals surface area contributed by atoms with Gasteiger partial charge < -0.3 is 5.32 Å². The smallest absolute Gasteiger partial charge is 0.130 e. The molecule has 0 aliphatic carbocycles. The summed E-state index contributed by atoms with van der Waals surface area (Å²) in [6, 6.07) is 4.33. The van der Waals surface area contributed by atoms with E-state index in [9.17, 15) is 8.78 Å². The lowest BCUT2D eigenvalue weighted by atomic mass is 10.1. The number of halogens is 3. The van der Waals surface area contributed by atoms with Crippen LogP contribution in [-0.2, 0) is 6.54 Å². The van der Waals surface area contributed by atoms with Gasteiger partial charge in [-0.3, -0.25) is 4.90 Å². The molecule has 1 saturated heterocycles. The van der Waals surface area contributed by atoms with E-state index in [2.05, 4.69) is 17.1 Å². The van der Waals surface area contributed by atoms with Gasteiger partial charge in [0.1, 0.15) is 11.6 Å². The third-order valence-electron chi connectivity index (χ3n) is 3.06. The molecular formula is C12H17ClF2N2. The fourth-order valence-electron chi connectivity index (χ4n) is 2.00. The van der Waals surface area contributed by atoms with Crippen LogP contribution in [0.15, 0.2) is 18.2 Å². The van der Waals surface area contributed by atoms with Crippen molar-refractivity contribution in [2.45, 2.75) is 19.5 Å². The largest absolute Gasteiger partial charge is 0.314 e. The number of benzene rings is 1. The standard InChI is InChI=1S/C12H16F2N2.ClH/c1-9-7-15-5-6-16(9)8-10-11(13)3-2-4-12(10)14;/h2-4,9,15H,5-8H2,1H3;1H/t9-;/m1./s1. The molecule has 0 radical (unpaired) electrons. The van der Waals surface area contributed by atoms with Crippen LogP contribution in [0.4, 0.5) is 8.78 Å². The molecule has 1 heterocycles. The van der Waals surface area contributed by atoms with Crippen LogP contribution in [0.5, 0.6) is 0 Å². The zero-order valence-electron chi connectivity index (χ0n) is 9.75. The Morgan fingerprint density at radius 2 is 2.00 bits per heavy atom. The quantitative estimate of drug-likeness (QED) is 0.879. The second-order valence-electron chi connectivity index (χ2n) is 4.22. The average molecular weight is 263 g/mol. The molecule has 0 unspecified atom stereocenters. The van der Waals surface area contributed by atoms with Crippen molar-refractivity contribution < 1.29 is 8.78 Å². The Labute approximate surface area is 106 Å². The minimum Gasteiger partial charge on any atom is -0.314 e. The van der Waals surface area contributed by atoms with Gasteiger partial charge in [-0.25, -0.2) is 8.78 Å². The van der Waals surface area contributed by atoms with E-state index < -0.39 is 11.6 Å². The Balaban J connectivity index is 0.00000144. The number of nitrogens with zero attached hydrogens (tertiary/aromatic N) is 1. The van der Waals surface area contributed by atoms with E-state index >= 15 is 0 Å². The third-order valence-corrected chi connectivity index (χ3v) is 3.06. The zero-order valence-corrected chi connectivity index (χ0v) is 10.6. The van der Waals surface area contributed by atoms with Gasteiger partial charge in [0.2, 0.25) is 0 Å². The van der Waals surface area contributed by atoms with Crippen molar-refractivity contribution in [2.24, 2.45) is 0 Å². The first kappa shape index (κ1) is 14.4. The molecule has 0 aromatic heterocycles. The van der Waals surface area contributed by atoms with Crippen molar-refractivity contribution in [3.05, 3.63) is 35.4 Å². The van der Waals surface area contributed by atoms with Crippen LogP contribution >= 0.6 is 12.4 Å². The summed E-state index contributed by atoms with van der Waals surface area (Å²) in [5.74, 6) is -0.906. The summed E-state index contributed by atoms with van der Waals surface area (Å²) in [7, 11) is 0. The summed E-state index contributed by atoms with van der Waals surface area (Å²) in [5, 5.41) is 3.25. The molecule has 5 heteroatoms. The molecule has 96 valence electrons. The Morgan fingerprint density at radius 1 is 1.35 bits per heavy atom. The number of hydrogen-bond donors (Lipinski definition) is 1. The first-order valence-electron chi connectivity index (χ1n) is 5.56. The molecular weight excluding hydrogens is 246 g/mol. The average Bonchev–Trinajstić information content (AvgIpc) is 2.26. The van der Waals surface area contributed by atoms with Crippen molar-refractivity contribution in [3.8, 4) is 0 Å². The lowest BCUT2D eigenvalue weighted by Gasteiger charge is -2.33. The molecule has 0 bridgehead atoms. The molecule has 0 saturated carbocycles. The first-order chi connectivity index (χ1) is 7.68. The summed E-state index contributed by atoms with van der Waals surface area (Å²) in [5.41, 5.74) is 0.177. The fourth-order valence-corrected chi connectivity index (χ4v) is 2.00. The summed E-state index contributed by atoms with van der Waals surface area (Å²) < 4.78 is 26.9. The predicted molar refractivity (Wildman–Crippen MR) is 66.3 cm³/mol. The van der Waals surface area contributed by atoms with E-state index in [0.29, 0.717) is 12.6 Å². The van der Waals surface area contributed by atoms with E-state index in [1.54, 1.807) is 0 Å². The highest BCUT2D eigenvalue weighted by molar-refractivity contribution is 5.85. The summed E-state index contributed by atoms with van der Waals surface area (Å²) in [6.45, 7) is 4.98. The highest BCUT2D eigenvalue weighted by atomic mass is 35.5. The van der Waals surface area contributed by atoms with Gasteiger partial charge in [0.15, 0.2) is 0 Å². The second-order valence-corrected chi connectivity index (χ2v) is 4.22. The van der Waals surface area contributed by atoms with E-state index in [1.807, 2.05) is 0 Å². The number of rotatable bonds is 2. The van der Waals surface area contributed by atoms with E-state index in [1.165, 1.54) is 18.2 Å². The van der Waals surface area contributed by atoms with Crippen molar-refractivity contribution in [1.29, 1.82) is 0 Å². The Bertz CT molecular complexity index is 353. The van der Waals surface area contributed by atoms with Gasteiger partial charge in [-0.05, 0) is 19.1 Å². The fraction of sp³-hybridized carbons (Fsp3) is 0.500. The molecule has 0 spiro atoms. The van der Waals surface area contributed by atoms with E-state index in [-0.39, 0.29) is 18.0 Å². The second kappa shape index (κ2) is 6.28. The normalized spacial score (nSPS) is 21.0. The summed E-state index contributed by atoms with van der Waals surface area (Å²) in [6.07, 6.45) is 0. The molecule has 1 aromatic rings. The van der Waals surface area contributed by atoms with Crippen LogP contribution in [0, 0.1) is 11.6 Å². The van der Waals surface area contributed by atoms with Gasteiger partial charge in [0.25, 0.3) is 0 Å². The monoisotopic (exact) mass is 262 g/mol. The summed E-state index contributed by atoms with van der Waals surface area (Å²) >= 11 is 0. The maximum absolute atomic E-state index is 13.5. The van der Waals surface area contributed by atoms with Gasteiger partial charge in [-0.1, -0.05) is 6.07 Å². The predicted octanol–water partition coefficient (Wildman–Crippen LogP) is 2.18. The lowest BCUT2D eigenvalue weighted by molar-refractivity contribution is 0.161. The summed E-state index contributed by atoms with van der Waals surface area (Å²) in [4.78, 5) is 2.10. The maximum atomic E-state index is 13.5. The number of hydrogen-bond acceptors (Lipinski definition) is 2. The molecule has 17 heavy (non-hydrogen) atoms.